The van der Waals surface area contributed by atoms with Crippen molar-refractivity contribution in [2.45, 2.75) is 71.6 Å². The van der Waals surface area contributed by atoms with Gasteiger partial charge < -0.3 is 9.80 Å². The van der Waals surface area contributed by atoms with E-state index in [0.29, 0.717) is 5.41 Å². The first-order valence-corrected chi connectivity index (χ1v) is 9.23. The zero-order valence-electron chi connectivity index (χ0n) is 14.0. The van der Waals surface area contributed by atoms with Crippen LogP contribution in [0.5, 0.6) is 0 Å². The molecule has 2 heterocycles. The summed E-state index contributed by atoms with van der Waals surface area (Å²) in [5.41, 5.74) is 0.702. The Morgan fingerprint density at radius 2 is 1.20 bits per heavy atom. The molecule has 0 N–H and O–H groups in total. The molecule has 2 nitrogen and oxygen atoms in total. The smallest absolute Gasteiger partial charge is 0.00394 e. The molecule has 2 fully saturated rings. The summed E-state index contributed by atoms with van der Waals surface area (Å²) in [4.78, 5) is 5.48. The highest BCUT2D eigenvalue weighted by Gasteiger charge is 2.39. The van der Waals surface area contributed by atoms with Gasteiger partial charge in [0, 0.05) is 6.54 Å². The van der Waals surface area contributed by atoms with Crippen molar-refractivity contribution >= 4 is 0 Å². The first kappa shape index (κ1) is 16.3. The first-order chi connectivity index (χ1) is 9.78. The lowest BCUT2D eigenvalue weighted by Crippen LogP contribution is -2.42. The normalized spacial score (nSPS) is 23.7. The van der Waals surface area contributed by atoms with Crippen LogP contribution >= 0.6 is 0 Å². The average molecular weight is 280 g/mol. The summed E-state index contributed by atoms with van der Waals surface area (Å²) >= 11 is 0. The van der Waals surface area contributed by atoms with Crippen molar-refractivity contribution in [1.82, 2.24) is 9.80 Å². The number of nitrogens with zero attached hydrogens (tertiary/aromatic N) is 2. The van der Waals surface area contributed by atoms with Gasteiger partial charge in [0.05, 0.1) is 0 Å². The number of unbranched alkanes of at least 4 members (excludes halogenated alkanes) is 4. The van der Waals surface area contributed by atoms with Crippen LogP contribution in [0, 0.1) is 5.41 Å². The molecule has 0 atom stereocenters. The van der Waals surface area contributed by atoms with Gasteiger partial charge in [0.15, 0.2) is 0 Å². The molecule has 0 aliphatic carbocycles. The van der Waals surface area contributed by atoms with E-state index in [9.17, 15) is 0 Å². The molecule has 0 unspecified atom stereocenters. The molecular weight excluding hydrogens is 244 g/mol. The van der Waals surface area contributed by atoms with Gasteiger partial charge in [-0.3, -0.25) is 0 Å². The Balaban J connectivity index is 1.65. The predicted octanol–water partition coefficient (Wildman–Crippen LogP) is 4.15. The fourth-order valence-corrected chi connectivity index (χ4v) is 4.05. The number of piperidine rings is 1. The Bertz CT molecular complexity index is 256. The van der Waals surface area contributed by atoms with Crippen molar-refractivity contribution in [2.75, 3.05) is 39.3 Å². The van der Waals surface area contributed by atoms with Gasteiger partial charge in [-0.25, -0.2) is 0 Å². The van der Waals surface area contributed by atoms with E-state index in [2.05, 4.69) is 23.6 Å². The van der Waals surface area contributed by atoms with Crippen LogP contribution in [0.15, 0.2) is 0 Å². The van der Waals surface area contributed by atoms with Crippen LogP contribution < -0.4 is 0 Å². The summed E-state index contributed by atoms with van der Waals surface area (Å²) in [6.45, 7) is 12.8. The lowest BCUT2D eigenvalue weighted by molar-refractivity contribution is 0.106. The van der Waals surface area contributed by atoms with E-state index >= 15 is 0 Å². The third-order valence-corrected chi connectivity index (χ3v) is 5.59. The molecule has 1 spiro atoms. The molecule has 2 aliphatic rings. The Morgan fingerprint density at radius 3 is 1.75 bits per heavy atom. The van der Waals surface area contributed by atoms with E-state index in [1.165, 1.54) is 97.1 Å². The zero-order valence-corrected chi connectivity index (χ0v) is 14.0. The maximum atomic E-state index is 2.75. The fourth-order valence-electron chi connectivity index (χ4n) is 4.05. The predicted molar refractivity (Wildman–Crippen MR) is 88.2 cm³/mol. The standard InChI is InChI=1S/C18H36N2/c1-3-5-7-12-19-14-9-18(10-15-19)11-16-20(17-18)13-8-6-4-2/h3-17H2,1-2H3. The average Bonchev–Trinajstić information content (AvgIpc) is 2.85. The number of rotatable bonds is 8. The molecule has 2 rings (SSSR count). The topological polar surface area (TPSA) is 6.48 Å². The Hall–Kier alpha value is -0.0800. The van der Waals surface area contributed by atoms with E-state index in [-0.39, 0.29) is 0 Å². The van der Waals surface area contributed by atoms with Crippen molar-refractivity contribution in [3.05, 3.63) is 0 Å². The minimum absolute atomic E-state index is 0.702. The number of hydrogen-bond acceptors (Lipinski definition) is 2. The zero-order chi connectivity index (χ0) is 14.3. The summed E-state index contributed by atoms with van der Waals surface area (Å²) in [6, 6.07) is 0. The molecule has 0 aromatic rings. The molecule has 0 saturated carbocycles. The summed E-state index contributed by atoms with van der Waals surface area (Å²) in [5, 5.41) is 0. The Labute approximate surface area is 126 Å². The molecule has 2 saturated heterocycles. The van der Waals surface area contributed by atoms with Crippen molar-refractivity contribution in [3.63, 3.8) is 0 Å². The second-order valence-corrected chi connectivity index (χ2v) is 7.28. The summed E-state index contributed by atoms with van der Waals surface area (Å²) in [7, 11) is 0. The third-order valence-electron chi connectivity index (χ3n) is 5.59. The molecule has 2 aliphatic heterocycles. The van der Waals surface area contributed by atoms with Crippen LogP contribution in [0.1, 0.15) is 71.6 Å². The van der Waals surface area contributed by atoms with Crippen molar-refractivity contribution < 1.29 is 0 Å². The van der Waals surface area contributed by atoms with Crippen LogP contribution in [0.2, 0.25) is 0 Å². The van der Waals surface area contributed by atoms with Gasteiger partial charge in [-0.15, -0.1) is 0 Å². The van der Waals surface area contributed by atoms with E-state index in [4.69, 9.17) is 0 Å². The lowest BCUT2D eigenvalue weighted by atomic mass is 9.78. The largest absolute Gasteiger partial charge is 0.303 e. The van der Waals surface area contributed by atoms with Crippen LogP contribution in [-0.4, -0.2) is 49.1 Å². The van der Waals surface area contributed by atoms with E-state index in [1.54, 1.807) is 0 Å². The summed E-state index contributed by atoms with van der Waals surface area (Å²) in [5.74, 6) is 0. The van der Waals surface area contributed by atoms with Gasteiger partial charge in [-0.05, 0) is 70.2 Å². The first-order valence-electron chi connectivity index (χ1n) is 9.23. The van der Waals surface area contributed by atoms with Gasteiger partial charge in [-0.1, -0.05) is 39.5 Å². The van der Waals surface area contributed by atoms with Gasteiger partial charge >= 0.3 is 0 Å². The maximum absolute atomic E-state index is 2.75. The third kappa shape index (κ3) is 4.73. The summed E-state index contributed by atoms with van der Waals surface area (Å²) < 4.78 is 0. The van der Waals surface area contributed by atoms with Crippen LogP contribution in [0.3, 0.4) is 0 Å². The van der Waals surface area contributed by atoms with Crippen LogP contribution in [0.4, 0.5) is 0 Å². The minimum atomic E-state index is 0.702. The molecule has 20 heavy (non-hydrogen) atoms. The SMILES string of the molecule is CCCCCN1CCC2(CC1)CCN(CCCCC)C2. The molecule has 2 heteroatoms. The highest BCUT2D eigenvalue weighted by molar-refractivity contribution is 4.93. The number of hydrogen-bond donors (Lipinski definition) is 0. The van der Waals surface area contributed by atoms with Gasteiger partial charge in [-0.2, -0.15) is 0 Å². The maximum Gasteiger partial charge on any atom is 0.00394 e. The lowest BCUT2D eigenvalue weighted by Gasteiger charge is -2.39. The highest BCUT2D eigenvalue weighted by atomic mass is 15.2. The van der Waals surface area contributed by atoms with Crippen molar-refractivity contribution in [3.8, 4) is 0 Å². The van der Waals surface area contributed by atoms with E-state index in [1.807, 2.05) is 0 Å². The highest BCUT2D eigenvalue weighted by Crippen LogP contribution is 2.40. The Morgan fingerprint density at radius 1 is 0.700 bits per heavy atom. The summed E-state index contributed by atoms with van der Waals surface area (Å²) in [6.07, 6.45) is 12.7. The van der Waals surface area contributed by atoms with E-state index in [0.717, 1.165) is 0 Å². The molecule has 118 valence electrons. The number of likely N-dealkylation sites (tertiary alicyclic amines) is 2. The fraction of sp³-hybridized carbons (Fsp3) is 1.00. The Kier molecular flexibility index (Phi) is 6.83. The van der Waals surface area contributed by atoms with Crippen LogP contribution in [-0.2, 0) is 0 Å². The minimum Gasteiger partial charge on any atom is -0.303 e. The van der Waals surface area contributed by atoms with Gasteiger partial charge in [0.1, 0.15) is 0 Å². The molecule has 0 aromatic heterocycles. The van der Waals surface area contributed by atoms with Crippen LogP contribution in [0.25, 0.3) is 0 Å². The quantitative estimate of drug-likeness (QED) is 0.616. The van der Waals surface area contributed by atoms with Gasteiger partial charge in [0.25, 0.3) is 0 Å². The van der Waals surface area contributed by atoms with Crippen molar-refractivity contribution in [2.24, 2.45) is 5.41 Å². The molecule has 0 radical (unpaired) electrons. The monoisotopic (exact) mass is 280 g/mol. The molecule has 0 aromatic carbocycles. The van der Waals surface area contributed by atoms with E-state index < -0.39 is 0 Å². The molecule has 0 bridgehead atoms. The second-order valence-electron chi connectivity index (χ2n) is 7.28. The molecule has 0 amide bonds. The van der Waals surface area contributed by atoms with Gasteiger partial charge in [0.2, 0.25) is 0 Å². The second kappa shape index (κ2) is 8.38. The van der Waals surface area contributed by atoms with Crippen molar-refractivity contribution in [1.29, 1.82) is 0 Å². The molecular formula is C18H36N2.